The van der Waals surface area contributed by atoms with E-state index in [2.05, 4.69) is 62.4 Å². The number of carbonyl (C=O) groups is 2. The van der Waals surface area contributed by atoms with Crippen molar-refractivity contribution in [3.63, 3.8) is 0 Å². The maximum absolute atomic E-state index is 13.3. The lowest BCUT2D eigenvalue weighted by molar-refractivity contribution is 0.0900. The number of hydrogen-bond donors (Lipinski definition) is 4. The van der Waals surface area contributed by atoms with Gasteiger partial charge in [-0.25, -0.2) is 29.9 Å². The Morgan fingerprint density at radius 3 is 1.90 bits per heavy atom. The summed E-state index contributed by atoms with van der Waals surface area (Å²) in [5.41, 5.74) is 4.54. The van der Waals surface area contributed by atoms with Crippen LogP contribution in [0.3, 0.4) is 0 Å². The van der Waals surface area contributed by atoms with Crippen LogP contribution < -0.4 is 10.6 Å². The zero-order chi connectivity index (χ0) is 36.2. The molecule has 0 saturated carbocycles. The number of amides is 2. The van der Waals surface area contributed by atoms with Gasteiger partial charge in [-0.2, -0.15) is 0 Å². The molecule has 1 aliphatic carbocycles. The molecule has 6 aromatic rings. The third kappa shape index (κ3) is 7.57. The largest absolute Gasteiger partial charge is 0.349 e. The highest BCUT2D eigenvalue weighted by Gasteiger charge is 2.43. The summed E-state index contributed by atoms with van der Waals surface area (Å²) in [6.07, 6.45) is 9.02. The summed E-state index contributed by atoms with van der Waals surface area (Å²) in [6.45, 7) is 0.547. The molecule has 0 unspecified atom stereocenters. The van der Waals surface area contributed by atoms with E-state index in [1.165, 1.54) is 12.4 Å². The minimum Gasteiger partial charge on any atom is -0.349 e. The van der Waals surface area contributed by atoms with Crippen molar-refractivity contribution >= 4 is 68.0 Å². The molecule has 4 aromatic heterocycles. The first-order chi connectivity index (χ1) is 25.2. The van der Waals surface area contributed by atoms with Crippen LogP contribution in [0.25, 0.3) is 0 Å². The average molecular weight is 827 g/mol. The van der Waals surface area contributed by atoms with Crippen molar-refractivity contribution in [1.82, 2.24) is 49.7 Å². The summed E-state index contributed by atoms with van der Waals surface area (Å²) < 4.78 is 5.15. The zero-order valence-electron chi connectivity index (χ0n) is 28.2. The molecule has 1 aliphatic rings. The van der Waals surface area contributed by atoms with Crippen LogP contribution in [0.15, 0.2) is 98.4 Å². The van der Waals surface area contributed by atoms with Gasteiger partial charge in [0.15, 0.2) is 11.6 Å². The van der Waals surface area contributed by atoms with E-state index in [9.17, 15) is 9.59 Å². The molecule has 2 aromatic carbocycles. The molecule has 0 radical (unpaired) electrons. The van der Waals surface area contributed by atoms with Gasteiger partial charge in [0.2, 0.25) is 11.9 Å². The summed E-state index contributed by atoms with van der Waals surface area (Å²) in [6, 6.07) is 19.7. The molecule has 0 fully saturated rings. The molecule has 16 heteroatoms. The minimum atomic E-state index is -0.364. The number of hydrogen-bond acceptors (Lipinski definition) is 8. The summed E-state index contributed by atoms with van der Waals surface area (Å²) >= 11 is 6.66. The Labute approximate surface area is 315 Å². The van der Waals surface area contributed by atoms with E-state index in [-0.39, 0.29) is 47.8 Å². The molecule has 0 saturated heterocycles. The molecule has 14 nitrogen and oxygen atoms in total. The number of aliphatic imine (C=N–C) groups is 2. The topological polar surface area (TPSA) is 176 Å². The predicted octanol–water partition coefficient (Wildman–Crippen LogP) is 5.41. The maximum Gasteiger partial charge on any atom is 0.287 e. The lowest BCUT2D eigenvalue weighted by atomic mass is 9.70. The van der Waals surface area contributed by atoms with Gasteiger partial charge in [0.05, 0.1) is 24.3 Å². The second-order valence-electron chi connectivity index (χ2n) is 12.4. The molecule has 264 valence electrons. The number of carbonyl (C=O) groups excluding carboxylic acids is 2. The van der Waals surface area contributed by atoms with Crippen LogP contribution in [0, 0.1) is 11.8 Å². The van der Waals surface area contributed by atoms with Crippen molar-refractivity contribution in [2.24, 2.45) is 35.9 Å². The number of imidazole rings is 4. The molecule has 7 rings (SSSR count). The first-order valence-electron chi connectivity index (χ1n) is 16.5. The monoisotopic (exact) mass is 824 g/mol. The van der Waals surface area contributed by atoms with E-state index < -0.39 is 0 Å². The number of aromatic nitrogens is 8. The quantitative estimate of drug-likeness (QED) is 0.127. The summed E-state index contributed by atoms with van der Waals surface area (Å²) in [7, 11) is 3.87. The fourth-order valence-electron chi connectivity index (χ4n) is 6.48. The van der Waals surface area contributed by atoms with E-state index in [0.717, 1.165) is 28.2 Å². The third-order valence-electron chi connectivity index (χ3n) is 9.12. The van der Waals surface area contributed by atoms with Gasteiger partial charge in [-0.1, -0.05) is 60.7 Å². The number of rotatable bonds is 11. The zero-order valence-corrected chi connectivity index (χ0v) is 31.3. The van der Waals surface area contributed by atoms with Crippen LogP contribution >= 0.6 is 31.9 Å². The van der Waals surface area contributed by atoms with Gasteiger partial charge < -0.3 is 29.7 Å². The van der Waals surface area contributed by atoms with Gasteiger partial charge in [-0.15, -0.1) is 0 Å². The van der Waals surface area contributed by atoms with Crippen LogP contribution in [-0.2, 0) is 20.5 Å². The molecule has 0 aliphatic heterocycles. The fourth-order valence-corrected chi connectivity index (χ4v) is 7.06. The van der Waals surface area contributed by atoms with E-state index in [1.54, 1.807) is 12.4 Å². The molecule has 4 N–H and O–H groups in total. The smallest absolute Gasteiger partial charge is 0.287 e. The Morgan fingerprint density at radius 1 is 0.788 bits per heavy atom. The molecule has 3 atom stereocenters. The number of aromatic amines is 2. The molecular weight excluding hydrogens is 792 g/mol. The van der Waals surface area contributed by atoms with E-state index >= 15 is 0 Å². The number of fused-ring (bicyclic) bond motifs is 1. The standard InChI is InChI=1S/C36H34Br2N12O2/c1-49-25-13-23(16-41-33(51)31-39-19-27(37)46-31)24(17-42-34(52)32-40-20-28(38)47-32)29(30(25)48-36(49)44-15-22-11-7-4-8-12-22)26-18-45-35(50(26)2)43-14-21-9-5-3-6-10-21/h3-12,14-15,18-20,23-24,29H,13,16-17H2,1-2H3,(H,39,46)(H,40,47)(H,41,51)(H,42,52)/b43-14+,44-15+/t23-,24-,29-/m1/s1. The van der Waals surface area contributed by atoms with E-state index in [4.69, 9.17) is 20.0 Å². The second kappa shape index (κ2) is 15.4. The van der Waals surface area contributed by atoms with Crippen LogP contribution in [0.1, 0.15) is 55.4 Å². The van der Waals surface area contributed by atoms with Gasteiger partial charge in [0, 0.05) is 56.9 Å². The Hall–Kier alpha value is -5.48. The highest BCUT2D eigenvalue weighted by molar-refractivity contribution is 9.10. The second-order valence-corrected chi connectivity index (χ2v) is 14.1. The number of benzene rings is 2. The first-order valence-corrected chi connectivity index (χ1v) is 18.1. The molecule has 4 heterocycles. The molecule has 0 spiro atoms. The van der Waals surface area contributed by atoms with Crippen molar-refractivity contribution in [3.05, 3.63) is 128 Å². The average Bonchev–Trinajstić information content (AvgIpc) is 3.95. The van der Waals surface area contributed by atoms with Gasteiger partial charge >= 0.3 is 0 Å². The van der Waals surface area contributed by atoms with Gasteiger partial charge in [-0.3, -0.25) is 9.59 Å². The number of halogens is 2. The van der Waals surface area contributed by atoms with Gasteiger partial charge in [-0.05, 0) is 61.2 Å². The number of H-pyrrole nitrogens is 2. The SMILES string of the molecule is Cn1c([C@@H]2c3nc(/N=C/c4ccccc4)n(C)c3C[C@H](CNC(=O)c3ncc(Br)[nH]3)[C@H]2CNC(=O)c2ncc(Br)[nH]2)cnc1/N=C/c1ccccc1. The van der Waals surface area contributed by atoms with Gasteiger partial charge in [0.1, 0.15) is 9.21 Å². The molecule has 52 heavy (non-hydrogen) atoms. The van der Waals surface area contributed by atoms with E-state index in [1.807, 2.05) is 90.1 Å². The van der Waals surface area contributed by atoms with E-state index in [0.29, 0.717) is 34.1 Å². The first kappa shape index (κ1) is 34.9. The summed E-state index contributed by atoms with van der Waals surface area (Å²) in [5, 5.41) is 6.16. The third-order valence-corrected chi connectivity index (χ3v) is 9.93. The van der Waals surface area contributed by atoms with Crippen molar-refractivity contribution in [3.8, 4) is 0 Å². The highest BCUT2D eigenvalue weighted by atomic mass is 79.9. The number of nitrogens with zero attached hydrogens (tertiary/aromatic N) is 8. The van der Waals surface area contributed by atoms with Crippen LogP contribution in [0.4, 0.5) is 11.9 Å². The van der Waals surface area contributed by atoms with Gasteiger partial charge in [0.25, 0.3) is 11.8 Å². The number of nitrogens with one attached hydrogen (secondary N) is 4. The van der Waals surface area contributed by atoms with Crippen molar-refractivity contribution in [2.45, 2.75) is 12.3 Å². The Balaban J connectivity index is 1.29. The van der Waals surface area contributed by atoms with Crippen molar-refractivity contribution in [1.29, 1.82) is 0 Å². The molecular formula is C36H34Br2N12O2. The summed E-state index contributed by atoms with van der Waals surface area (Å²) in [5.74, 6) is -0.0371. The van der Waals surface area contributed by atoms with Crippen LogP contribution in [0.5, 0.6) is 0 Å². The molecule has 2 amide bonds. The lowest BCUT2D eigenvalue weighted by Gasteiger charge is -2.38. The molecule has 0 bridgehead atoms. The maximum atomic E-state index is 13.3. The lowest BCUT2D eigenvalue weighted by Crippen LogP contribution is -2.45. The fraction of sp³-hybridized carbons (Fsp3) is 0.222. The van der Waals surface area contributed by atoms with Crippen molar-refractivity contribution < 1.29 is 9.59 Å². The minimum absolute atomic E-state index is 0.156. The van der Waals surface area contributed by atoms with Crippen LogP contribution in [-0.4, -0.2) is 76.4 Å². The van der Waals surface area contributed by atoms with Crippen molar-refractivity contribution in [2.75, 3.05) is 13.1 Å². The predicted molar refractivity (Wildman–Crippen MR) is 204 cm³/mol. The Morgan fingerprint density at radius 2 is 1.35 bits per heavy atom. The Kier molecular flexibility index (Phi) is 10.4. The highest BCUT2D eigenvalue weighted by Crippen LogP contribution is 2.45. The van der Waals surface area contributed by atoms with Crippen LogP contribution in [0.2, 0.25) is 0 Å². The Bertz CT molecular complexity index is 2250. The summed E-state index contributed by atoms with van der Waals surface area (Å²) in [4.78, 5) is 60.1. The normalized spacial score (nSPS) is 17.1.